The van der Waals surface area contributed by atoms with Crippen LogP contribution in [-0.4, -0.2) is 15.0 Å². The van der Waals surface area contributed by atoms with Gasteiger partial charge in [-0.15, -0.1) is 0 Å². The van der Waals surface area contributed by atoms with Crippen molar-refractivity contribution in [2.75, 3.05) is 0 Å². The van der Waals surface area contributed by atoms with Crippen LogP contribution in [0.25, 0.3) is 0 Å². The van der Waals surface area contributed by atoms with E-state index in [0.29, 0.717) is 15.0 Å². The molecule has 0 bridgehead atoms. The molecule has 0 radical (unpaired) electrons. The van der Waals surface area contributed by atoms with E-state index in [-0.39, 0.29) is 0 Å². The van der Waals surface area contributed by atoms with E-state index < -0.39 is 0 Å². The summed E-state index contributed by atoms with van der Waals surface area (Å²) in [7, 11) is 0. The molecule has 0 saturated heterocycles. The van der Waals surface area contributed by atoms with Crippen LogP contribution in [0.3, 0.4) is 0 Å². The Hall–Kier alpha value is 0.0795. The van der Waals surface area contributed by atoms with Crippen LogP contribution in [0.2, 0.25) is 11.1 Å². The van der Waals surface area contributed by atoms with Gasteiger partial charge >= 0.3 is 38.4 Å². The number of hydrogen-bond donors (Lipinski definition) is 0. The Bertz CT molecular complexity index is 42.1. The topological polar surface area (TPSA) is 0 Å². The van der Waals surface area contributed by atoms with Crippen molar-refractivity contribution in [2.24, 2.45) is 0 Å². The second-order valence-corrected chi connectivity index (χ2v) is 2.45. The zero-order valence-corrected chi connectivity index (χ0v) is 4.91. The molecule has 0 aliphatic carbocycles. The molecule has 0 spiro atoms. The van der Waals surface area contributed by atoms with Gasteiger partial charge in [0, 0.05) is 0 Å². The van der Waals surface area contributed by atoms with Gasteiger partial charge in [-0.25, -0.2) is 0 Å². The van der Waals surface area contributed by atoms with Gasteiger partial charge in [-0.2, -0.15) is 0 Å². The SMILES string of the molecule is C#CC[Se]C. The molecule has 0 heterocycles. The molecule has 0 aromatic carbocycles. The van der Waals surface area contributed by atoms with E-state index >= 15 is 0 Å². The zero-order chi connectivity index (χ0) is 4.12. The summed E-state index contributed by atoms with van der Waals surface area (Å²) in [6, 6.07) is 0. The second kappa shape index (κ2) is 4.08. The van der Waals surface area contributed by atoms with Crippen LogP contribution in [-0.2, 0) is 0 Å². The van der Waals surface area contributed by atoms with E-state index in [9.17, 15) is 0 Å². The Morgan fingerprint density at radius 1 is 2.00 bits per heavy atom. The van der Waals surface area contributed by atoms with Crippen LogP contribution < -0.4 is 0 Å². The van der Waals surface area contributed by atoms with Crippen molar-refractivity contribution in [1.82, 2.24) is 0 Å². The van der Waals surface area contributed by atoms with Crippen LogP contribution in [0, 0.1) is 12.3 Å². The summed E-state index contributed by atoms with van der Waals surface area (Å²) in [5.74, 6) is 4.68. The fraction of sp³-hybridized carbons (Fsp3) is 0.500. The average Bonchev–Trinajstić information content (AvgIpc) is 1.41. The van der Waals surface area contributed by atoms with Crippen LogP contribution >= 0.6 is 0 Å². The van der Waals surface area contributed by atoms with E-state index in [1.807, 2.05) is 0 Å². The van der Waals surface area contributed by atoms with Gasteiger partial charge in [0.25, 0.3) is 0 Å². The molecule has 0 aromatic heterocycles. The number of terminal acetylenes is 1. The molecular weight excluding hydrogens is 127 g/mol. The third-order valence-electron chi connectivity index (χ3n) is 0.228. The molecule has 0 saturated carbocycles. The maximum absolute atomic E-state index is 4.90. The van der Waals surface area contributed by atoms with Crippen molar-refractivity contribution in [2.45, 2.75) is 11.1 Å². The minimum atomic E-state index is 0.689. The number of hydrogen-bond acceptors (Lipinski definition) is 0. The molecule has 0 aliphatic heterocycles. The van der Waals surface area contributed by atoms with Gasteiger partial charge in [0.05, 0.1) is 0 Å². The first-order valence-corrected chi connectivity index (χ1v) is 4.26. The summed E-state index contributed by atoms with van der Waals surface area (Å²) < 4.78 is 0. The van der Waals surface area contributed by atoms with E-state index in [2.05, 4.69) is 11.7 Å². The molecule has 28 valence electrons. The van der Waals surface area contributed by atoms with Crippen molar-refractivity contribution in [3.63, 3.8) is 0 Å². The fourth-order valence-corrected chi connectivity index (χ4v) is 0.433. The molecule has 0 aromatic rings. The minimum absolute atomic E-state index is 0.689. The first-order chi connectivity index (χ1) is 2.41. The number of rotatable bonds is 1. The molecule has 0 N–H and O–H groups in total. The summed E-state index contributed by atoms with van der Waals surface area (Å²) in [4.78, 5) is 0. The predicted molar refractivity (Wildman–Crippen MR) is 25.3 cm³/mol. The van der Waals surface area contributed by atoms with Crippen molar-refractivity contribution >= 4 is 15.0 Å². The third kappa shape index (κ3) is 4.08. The van der Waals surface area contributed by atoms with E-state index in [0.717, 1.165) is 5.32 Å². The molecular formula is C4H6Se. The Balaban J connectivity index is 2.48. The van der Waals surface area contributed by atoms with Crippen molar-refractivity contribution in [3.8, 4) is 12.3 Å². The summed E-state index contributed by atoms with van der Waals surface area (Å²) >= 11 is 0.689. The van der Waals surface area contributed by atoms with Gasteiger partial charge in [-0.1, -0.05) is 0 Å². The average molecular weight is 133 g/mol. The van der Waals surface area contributed by atoms with Crippen LogP contribution in [0.1, 0.15) is 0 Å². The van der Waals surface area contributed by atoms with Gasteiger partial charge in [0.2, 0.25) is 0 Å². The molecule has 0 aliphatic rings. The maximum atomic E-state index is 4.90. The third-order valence-corrected chi connectivity index (χ3v) is 1.18. The molecule has 0 nitrogen and oxygen atoms in total. The molecule has 0 fully saturated rings. The van der Waals surface area contributed by atoms with Gasteiger partial charge < -0.3 is 0 Å². The van der Waals surface area contributed by atoms with Crippen LogP contribution in [0.15, 0.2) is 0 Å². The van der Waals surface area contributed by atoms with Gasteiger partial charge in [-0.05, 0) is 0 Å². The molecule has 0 atom stereocenters. The second-order valence-electron chi connectivity index (χ2n) is 0.637. The molecule has 5 heavy (non-hydrogen) atoms. The van der Waals surface area contributed by atoms with Crippen molar-refractivity contribution < 1.29 is 0 Å². The first kappa shape index (κ1) is 5.08. The summed E-state index contributed by atoms with van der Waals surface area (Å²) in [6.07, 6.45) is 4.90. The summed E-state index contributed by atoms with van der Waals surface area (Å²) in [5.41, 5.74) is 0. The van der Waals surface area contributed by atoms with E-state index in [1.165, 1.54) is 0 Å². The van der Waals surface area contributed by atoms with Crippen LogP contribution in [0.4, 0.5) is 0 Å². The zero-order valence-electron chi connectivity index (χ0n) is 3.19. The predicted octanol–water partition coefficient (Wildman–Crippen LogP) is 0.790. The molecule has 0 amide bonds. The Labute approximate surface area is 39.1 Å². The van der Waals surface area contributed by atoms with Gasteiger partial charge in [0.15, 0.2) is 0 Å². The first-order valence-electron chi connectivity index (χ1n) is 1.34. The standard InChI is InChI=1S/C4H6Se/c1-3-4-5-2/h1H,4H2,2H3. The Morgan fingerprint density at radius 2 is 2.60 bits per heavy atom. The molecule has 0 rings (SSSR count). The normalized spacial score (nSPS) is 6.40. The van der Waals surface area contributed by atoms with E-state index in [1.54, 1.807) is 0 Å². The fourth-order valence-electron chi connectivity index (χ4n) is 0.0833. The van der Waals surface area contributed by atoms with Crippen LogP contribution in [0.5, 0.6) is 0 Å². The summed E-state index contributed by atoms with van der Waals surface area (Å²) in [6.45, 7) is 0. The van der Waals surface area contributed by atoms with Gasteiger partial charge in [-0.3, -0.25) is 0 Å². The summed E-state index contributed by atoms with van der Waals surface area (Å²) in [5, 5.41) is 0.979. The Morgan fingerprint density at radius 3 is 2.60 bits per heavy atom. The Kier molecular flexibility index (Phi) is 4.14. The quantitative estimate of drug-likeness (QED) is 0.366. The van der Waals surface area contributed by atoms with E-state index in [4.69, 9.17) is 6.42 Å². The molecule has 1 heteroatoms. The van der Waals surface area contributed by atoms with Crippen molar-refractivity contribution in [3.05, 3.63) is 0 Å². The molecule has 0 unspecified atom stereocenters. The van der Waals surface area contributed by atoms with Crippen molar-refractivity contribution in [1.29, 1.82) is 0 Å². The monoisotopic (exact) mass is 134 g/mol. The van der Waals surface area contributed by atoms with Gasteiger partial charge in [0.1, 0.15) is 0 Å².